The van der Waals surface area contributed by atoms with Gasteiger partial charge in [0.2, 0.25) is 0 Å². The Hall–Kier alpha value is -3.74. The third-order valence-electron chi connectivity index (χ3n) is 4.42. The van der Waals surface area contributed by atoms with Gasteiger partial charge in [-0.15, -0.1) is 0 Å². The van der Waals surface area contributed by atoms with E-state index in [1.807, 2.05) is 30.3 Å². The predicted octanol–water partition coefficient (Wildman–Crippen LogP) is 2.74. The molecule has 0 radical (unpaired) electrons. The van der Waals surface area contributed by atoms with E-state index in [2.05, 4.69) is 15.0 Å². The molecular formula is C21H17N3O4. The van der Waals surface area contributed by atoms with E-state index in [1.54, 1.807) is 6.92 Å². The highest BCUT2D eigenvalue weighted by Crippen LogP contribution is 2.25. The molecule has 0 fully saturated rings. The normalized spacial score (nSPS) is 11.0. The molecule has 0 aliphatic rings. The number of aryl methyl sites for hydroxylation is 3. The van der Waals surface area contributed by atoms with Crippen LogP contribution in [0.3, 0.4) is 0 Å². The van der Waals surface area contributed by atoms with Crippen molar-refractivity contribution in [3.05, 3.63) is 86.5 Å². The van der Waals surface area contributed by atoms with E-state index in [9.17, 15) is 14.7 Å². The summed E-state index contributed by atoms with van der Waals surface area (Å²) in [5.74, 6) is 0.575. The Morgan fingerprint density at radius 3 is 2.57 bits per heavy atom. The number of nitrogens with zero attached hydrogens (tertiary/aromatic N) is 2. The molecule has 0 aliphatic heterocycles. The van der Waals surface area contributed by atoms with Crippen molar-refractivity contribution >= 4 is 11.0 Å². The minimum absolute atomic E-state index is 0.0552. The molecule has 7 nitrogen and oxygen atoms in total. The molecule has 0 saturated heterocycles. The first-order valence-electron chi connectivity index (χ1n) is 8.79. The Morgan fingerprint density at radius 2 is 1.82 bits per heavy atom. The Morgan fingerprint density at radius 1 is 1.04 bits per heavy atom. The average Bonchev–Trinajstić information content (AvgIpc) is 2.66. The third kappa shape index (κ3) is 3.42. The topological polar surface area (TPSA) is 109 Å². The number of aromatic amines is 1. The quantitative estimate of drug-likeness (QED) is 0.568. The van der Waals surface area contributed by atoms with Gasteiger partial charge in [0.1, 0.15) is 22.9 Å². The number of rotatable bonds is 4. The average molecular weight is 375 g/mol. The fourth-order valence-electron chi connectivity index (χ4n) is 3.06. The first-order chi connectivity index (χ1) is 13.5. The lowest BCUT2D eigenvalue weighted by Crippen LogP contribution is -2.14. The van der Waals surface area contributed by atoms with Gasteiger partial charge in [0.15, 0.2) is 5.65 Å². The molecule has 28 heavy (non-hydrogen) atoms. The number of aromatic nitrogens is 3. The second-order valence-electron chi connectivity index (χ2n) is 6.47. The molecule has 1 aromatic carbocycles. The zero-order valence-corrected chi connectivity index (χ0v) is 15.1. The van der Waals surface area contributed by atoms with Gasteiger partial charge in [0.05, 0.1) is 11.1 Å². The molecular weight excluding hydrogens is 358 g/mol. The van der Waals surface area contributed by atoms with Crippen LogP contribution in [0.4, 0.5) is 0 Å². The summed E-state index contributed by atoms with van der Waals surface area (Å²) in [6, 6.07) is 14.2. The fourth-order valence-corrected chi connectivity index (χ4v) is 3.06. The summed E-state index contributed by atoms with van der Waals surface area (Å²) in [5.41, 5.74) is 0.495. The molecule has 0 saturated carbocycles. The zero-order chi connectivity index (χ0) is 19.7. The van der Waals surface area contributed by atoms with Crippen LogP contribution in [0.2, 0.25) is 0 Å². The van der Waals surface area contributed by atoms with Crippen molar-refractivity contribution in [3.63, 3.8) is 0 Å². The molecule has 0 atom stereocenters. The lowest BCUT2D eigenvalue weighted by atomic mass is 10.1. The zero-order valence-electron chi connectivity index (χ0n) is 15.1. The van der Waals surface area contributed by atoms with Gasteiger partial charge in [-0.2, -0.15) is 0 Å². The van der Waals surface area contributed by atoms with Gasteiger partial charge >= 0.3 is 5.63 Å². The molecule has 0 unspecified atom stereocenters. The molecule has 4 rings (SSSR count). The second-order valence-corrected chi connectivity index (χ2v) is 6.47. The molecule has 140 valence electrons. The van der Waals surface area contributed by atoms with E-state index in [4.69, 9.17) is 4.42 Å². The minimum atomic E-state index is -0.696. The Bertz CT molecular complexity index is 1280. The van der Waals surface area contributed by atoms with Gasteiger partial charge in [0.25, 0.3) is 5.56 Å². The van der Waals surface area contributed by atoms with Gasteiger partial charge in [-0.25, -0.2) is 14.8 Å². The van der Waals surface area contributed by atoms with Crippen LogP contribution in [-0.2, 0) is 12.8 Å². The van der Waals surface area contributed by atoms with Crippen LogP contribution < -0.4 is 11.2 Å². The molecule has 0 aliphatic carbocycles. The number of hydrogen-bond acceptors (Lipinski definition) is 6. The van der Waals surface area contributed by atoms with Crippen LogP contribution in [-0.4, -0.2) is 20.1 Å². The van der Waals surface area contributed by atoms with E-state index in [0.717, 1.165) is 12.0 Å². The molecule has 2 N–H and O–H groups in total. The van der Waals surface area contributed by atoms with Crippen LogP contribution in [0.25, 0.3) is 22.3 Å². The molecule has 4 aromatic rings. The van der Waals surface area contributed by atoms with Crippen molar-refractivity contribution in [1.82, 2.24) is 15.0 Å². The lowest BCUT2D eigenvalue weighted by Gasteiger charge is -2.06. The summed E-state index contributed by atoms with van der Waals surface area (Å²) >= 11 is 0. The molecule has 0 spiro atoms. The number of fused-ring (bicyclic) bond motifs is 1. The smallest absolute Gasteiger partial charge is 0.349 e. The van der Waals surface area contributed by atoms with Gasteiger partial charge in [0, 0.05) is 12.5 Å². The largest absolute Gasteiger partial charge is 0.507 e. The van der Waals surface area contributed by atoms with Crippen LogP contribution in [0.1, 0.15) is 17.1 Å². The van der Waals surface area contributed by atoms with Crippen molar-refractivity contribution in [1.29, 1.82) is 0 Å². The Balaban J connectivity index is 1.75. The number of aromatic hydroxyl groups is 1. The number of benzene rings is 1. The van der Waals surface area contributed by atoms with Crippen molar-refractivity contribution in [3.8, 4) is 17.0 Å². The number of hydrogen-bond donors (Lipinski definition) is 2. The van der Waals surface area contributed by atoms with E-state index >= 15 is 0 Å². The highest BCUT2D eigenvalue weighted by molar-refractivity contribution is 5.78. The predicted molar refractivity (Wildman–Crippen MR) is 104 cm³/mol. The molecule has 0 bridgehead atoms. The Kier molecular flexibility index (Phi) is 4.49. The van der Waals surface area contributed by atoms with Crippen molar-refractivity contribution in [2.75, 3.05) is 0 Å². The molecule has 3 heterocycles. The van der Waals surface area contributed by atoms with E-state index in [1.165, 1.54) is 18.2 Å². The van der Waals surface area contributed by atoms with Gasteiger partial charge in [-0.05, 0) is 31.0 Å². The summed E-state index contributed by atoms with van der Waals surface area (Å²) in [6.07, 6.45) is 1.26. The van der Waals surface area contributed by atoms with E-state index in [-0.39, 0.29) is 28.2 Å². The molecule has 7 heteroatoms. The van der Waals surface area contributed by atoms with Crippen LogP contribution in [0.5, 0.6) is 5.75 Å². The van der Waals surface area contributed by atoms with Gasteiger partial charge < -0.3 is 14.5 Å². The van der Waals surface area contributed by atoms with Crippen LogP contribution in [0, 0.1) is 6.92 Å². The summed E-state index contributed by atoms with van der Waals surface area (Å²) in [4.78, 5) is 36.0. The molecule has 3 aromatic heterocycles. The monoisotopic (exact) mass is 375 g/mol. The van der Waals surface area contributed by atoms with Crippen molar-refractivity contribution < 1.29 is 9.52 Å². The fraction of sp³-hybridized carbons (Fsp3) is 0.143. The summed E-state index contributed by atoms with van der Waals surface area (Å²) in [6.45, 7) is 1.57. The third-order valence-corrected chi connectivity index (χ3v) is 4.42. The number of H-pyrrole nitrogens is 1. The van der Waals surface area contributed by atoms with Gasteiger partial charge in [-0.3, -0.25) is 4.79 Å². The summed E-state index contributed by atoms with van der Waals surface area (Å²) in [7, 11) is 0. The lowest BCUT2D eigenvalue weighted by molar-refractivity contribution is 0.438. The highest BCUT2D eigenvalue weighted by atomic mass is 16.4. The first kappa shape index (κ1) is 17.7. The minimum Gasteiger partial charge on any atom is -0.507 e. The van der Waals surface area contributed by atoms with Crippen LogP contribution >= 0.6 is 0 Å². The summed E-state index contributed by atoms with van der Waals surface area (Å²) in [5, 5.41) is 10.4. The van der Waals surface area contributed by atoms with Crippen LogP contribution in [0.15, 0.2) is 62.5 Å². The molecule has 0 amide bonds. The maximum absolute atomic E-state index is 12.4. The number of pyridine rings is 1. The first-order valence-corrected chi connectivity index (χ1v) is 8.79. The van der Waals surface area contributed by atoms with Gasteiger partial charge in [-0.1, -0.05) is 30.3 Å². The maximum atomic E-state index is 12.4. The SMILES string of the molecule is Cc1cc(O)c(-c2ccc3c(=O)[nH]c(CCc4ccccc4)nc3n2)c(=O)o1. The van der Waals surface area contributed by atoms with Crippen molar-refractivity contribution in [2.45, 2.75) is 19.8 Å². The van der Waals surface area contributed by atoms with Crippen molar-refractivity contribution in [2.24, 2.45) is 0 Å². The maximum Gasteiger partial charge on any atom is 0.349 e. The van der Waals surface area contributed by atoms with E-state index in [0.29, 0.717) is 23.4 Å². The standard InChI is InChI=1S/C21H17N3O4/c1-12-11-16(25)18(21(27)28-12)15-9-8-14-19(22-15)23-17(24-20(14)26)10-7-13-5-3-2-4-6-13/h2-6,8-9,11,25H,7,10H2,1H3,(H,22,23,24,26). The summed E-state index contributed by atoms with van der Waals surface area (Å²) < 4.78 is 5.05. The number of nitrogens with one attached hydrogen (secondary N) is 1. The Labute approximate surface area is 159 Å². The highest BCUT2D eigenvalue weighted by Gasteiger charge is 2.15. The van der Waals surface area contributed by atoms with E-state index < -0.39 is 5.63 Å². The second kappa shape index (κ2) is 7.11.